The first kappa shape index (κ1) is 14.9. The lowest BCUT2D eigenvalue weighted by molar-refractivity contribution is 0.597. The predicted octanol–water partition coefficient (Wildman–Crippen LogP) is -0.367. The third-order valence-corrected chi connectivity index (χ3v) is 6.17. The highest BCUT2D eigenvalue weighted by molar-refractivity contribution is 7.93. The summed E-state index contributed by atoms with van der Waals surface area (Å²) in [5.74, 6) is 0. The van der Waals surface area contributed by atoms with Crippen molar-refractivity contribution >= 4 is 36.5 Å². The maximum Gasteiger partial charge on any atom is 0.282 e. The summed E-state index contributed by atoms with van der Waals surface area (Å²) in [4.78, 5) is 7.54. The van der Waals surface area contributed by atoms with Gasteiger partial charge in [0.1, 0.15) is 0 Å². The molecule has 2 aromatic rings. The van der Waals surface area contributed by atoms with Crippen molar-refractivity contribution in [2.45, 2.75) is 16.2 Å². The summed E-state index contributed by atoms with van der Waals surface area (Å²) in [6, 6.07) is 0. The van der Waals surface area contributed by atoms with Crippen molar-refractivity contribution in [3.63, 3.8) is 0 Å². The van der Waals surface area contributed by atoms with Crippen LogP contribution in [0.25, 0.3) is 0 Å². The zero-order valence-corrected chi connectivity index (χ0v) is 12.9. The largest absolute Gasteiger partial charge is 0.339 e. The second-order valence-corrected chi connectivity index (χ2v) is 8.30. The minimum absolute atomic E-state index is 0.0859. The first-order valence-corrected chi connectivity index (χ1v) is 8.95. The zero-order chi connectivity index (χ0) is 15.1. The Hall–Kier alpha value is -1.50. The van der Waals surface area contributed by atoms with Crippen LogP contribution in [0.1, 0.15) is 5.69 Å². The molecule has 0 aliphatic heterocycles. The van der Waals surface area contributed by atoms with E-state index >= 15 is 0 Å². The summed E-state index contributed by atoms with van der Waals surface area (Å²) in [7, 11) is -6.21. The number of aryl methyl sites for hydroxylation is 2. The summed E-state index contributed by atoms with van der Waals surface area (Å²) in [5.41, 5.74) is 0.135. The summed E-state index contributed by atoms with van der Waals surface area (Å²) < 4.78 is 49.9. The van der Waals surface area contributed by atoms with Crippen LogP contribution in [0.2, 0.25) is 0 Å². The lowest BCUT2D eigenvalue weighted by Gasteiger charge is -2.00. The van der Waals surface area contributed by atoms with Crippen LogP contribution in [0.3, 0.4) is 0 Å². The number of aromatic nitrogens is 3. The molecule has 0 bridgehead atoms. The van der Waals surface area contributed by atoms with E-state index in [1.165, 1.54) is 24.0 Å². The van der Waals surface area contributed by atoms with Gasteiger partial charge in [0.05, 0.1) is 12.0 Å². The molecule has 0 radical (unpaired) electrons. The molecule has 9 nitrogen and oxygen atoms in total. The average Bonchev–Trinajstić information content (AvgIpc) is 2.84. The standard InChI is InChI=1S/C8H11N5O4S3/c1-5-7(19(9,14)15)18-8(11-5)12-20(16,17)6-3-13(2)4-10-6/h3-4H,1-2H3,(H,11,12)(H2,9,14,15). The Labute approximate surface area is 119 Å². The molecule has 0 spiro atoms. The van der Waals surface area contributed by atoms with Crippen molar-refractivity contribution in [3.8, 4) is 0 Å². The number of imidazole rings is 1. The molecule has 0 saturated heterocycles. The number of rotatable bonds is 4. The van der Waals surface area contributed by atoms with Gasteiger partial charge in [0.25, 0.3) is 10.0 Å². The number of hydrogen-bond donors (Lipinski definition) is 2. The fourth-order valence-electron chi connectivity index (χ4n) is 1.38. The maximum absolute atomic E-state index is 12.0. The first-order valence-electron chi connectivity index (χ1n) is 5.10. The molecule has 20 heavy (non-hydrogen) atoms. The topological polar surface area (TPSA) is 137 Å². The molecule has 2 heterocycles. The number of sulfonamides is 2. The third kappa shape index (κ3) is 2.98. The van der Waals surface area contributed by atoms with Gasteiger partial charge in [-0.1, -0.05) is 11.3 Å². The molecule has 0 aliphatic carbocycles. The van der Waals surface area contributed by atoms with Crippen LogP contribution in [0.15, 0.2) is 21.8 Å². The third-order valence-electron chi connectivity index (χ3n) is 2.19. The van der Waals surface area contributed by atoms with Gasteiger partial charge in [-0.25, -0.2) is 23.5 Å². The van der Waals surface area contributed by atoms with E-state index in [9.17, 15) is 16.8 Å². The van der Waals surface area contributed by atoms with Crippen molar-refractivity contribution in [3.05, 3.63) is 18.2 Å². The summed E-state index contributed by atoms with van der Waals surface area (Å²) in [6.07, 6.45) is 2.64. The van der Waals surface area contributed by atoms with E-state index in [2.05, 4.69) is 14.7 Å². The molecule has 0 aromatic carbocycles. The number of nitrogens with zero attached hydrogens (tertiary/aromatic N) is 3. The normalized spacial score (nSPS) is 12.6. The van der Waals surface area contributed by atoms with Gasteiger partial charge in [0.15, 0.2) is 14.4 Å². The zero-order valence-electron chi connectivity index (χ0n) is 10.4. The average molecular weight is 337 g/mol. The fourth-order valence-corrected chi connectivity index (χ4v) is 4.46. The summed E-state index contributed by atoms with van der Waals surface area (Å²) >= 11 is 0.646. The lowest BCUT2D eigenvalue weighted by Crippen LogP contribution is -2.13. The SMILES string of the molecule is Cc1nc(NS(=O)(=O)c2cn(C)cn2)sc1S(N)(=O)=O. The highest BCUT2D eigenvalue weighted by Gasteiger charge is 2.22. The van der Waals surface area contributed by atoms with Crippen LogP contribution in [-0.2, 0) is 27.1 Å². The number of nitrogens with two attached hydrogens (primary N) is 1. The Morgan fingerprint density at radius 2 is 2.00 bits per heavy atom. The molecule has 2 aromatic heterocycles. The van der Waals surface area contributed by atoms with Crippen LogP contribution < -0.4 is 9.86 Å². The molecule has 0 saturated carbocycles. The molecule has 12 heteroatoms. The van der Waals surface area contributed by atoms with Gasteiger partial charge in [-0.15, -0.1) is 0 Å². The monoisotopic (exact) mass is 337 g/mol. The molecular formula is C8H11N5O4S3. The molecule has 0 unspecified atom stereocenters. The molecule has 110 valence electrons. The Balaban J connectivity index is 2.36. The van der Waals surface area contributed by atoms with Crippen LogP contribution in [0, 0.1) is 6.92 Å². The smallest absolute Gasteiger partial charge is 0.282 e. The van der Waals surface area contributed by atoms with Gasteiger partial charge in [-0.3, -0.25) is 4.72 Å². The molecule has 3 N–H and O–H groups in total. The van der Waals surface area contributed by atoms with Gasteiger partial charge in [0, 0.05) is 13.2 Å². The quantitative estimate of drug-likeness (QED) is 0.781. The Morgan fingerprint density at radius 3 is 2.45 bits per heavy atom. The van der Waals surface area contributed by atoms with E-state index in [0.29, 0.717) is 11.3 Å². The highest BCUT2D eigenvalue weighted by Crippen LogP contribution is 2.27. The molecule has 0 amide bonds. The van der Waals surface area contributed by atoms with Gasteiger partial charge in [-0.05, 0) is 6.92 Å². The van der Waals surface area contributed by atoms with Crippen molar-refractivity contribution in [1.82, 2.24) is 14.5 Å². The van der Waals surface area contributed by atoms with E-state index in [1.54, 1.807) is 7.05 Å². The lowest BCUT2D eigenvalue weighted by atomic mass is 10.6. The van der Waals surface area contributed by atoms with Crippen LogP contribution in [0.4, 0.5) is 5.13 Å². The molecule has 0 aliphatic rings. The van der Waals surface area contributed by atoms with E-state index < -0.39 is 20.0 Å². The van der Waals surface area contributed by atoms with Crippen LogP contribution in [-0.4, -0.2) is 31.4 Å². The second kappa shape index (κ2) is 4.80. The van der Waals surface area contributed by atoms with Crippen LogP contribution >= 0.6 is 11.3 Å². The predicted molar refractivity (Wildman–Crippen MR) is 72.2 cm³/mol. The van der Waals surface area contributed by atoms with Gasteiger partial charge < -0.3 is 4.57 Å². The molecule has 2 rings (SSSR count). The summed E-state index contributed by atoms with van der Waals surface area (Å²) in [5, 5.41) is 4.72. The highest BCUT2D eigenvalue weighted by atomic mass is 32.2. The number of primary sulfonamides is 1. The van der Waals surface area contributed by atoms with Crippen molar-refractivity contribution in [2.75, 3.05) is 4.72 Å². The maximum atomic E-state index is 12.0. The summed E-state index contributed by atoms with van der Waals surface area (Å²) in [6.45, 7) is 1.43. The van der Waals surface area contributed by atoms with E-state index in [4.69, 9.17) is 5.14 Å². The Kier molecular flexibility index (Phi) is 3.58. The minimum Gasteiger partial charge on any atom is -0.339 e. The van der Waals surface area contributed by atoms with Crippen molar-refractivity contribution in [1.29, 1.82) is 0 Å². The number of nitrogens with one attached hydrogen (secondary N) is 1. The number of hydrogen-bond acceptors (Lipinski definition) is 7. The minimum atomic E-state index is -3.93. The number of anilines is 1. The van der Waals surface area contributed by atoms with Crippen molar-refractivity contribution < 1.29 is 16.8 Å². The van der Waals surface area contributed by atoms with Gasteiger partial charge >= 0.3 is 0 Å². The molecule has 0 fully saturated rings. The Bertz CT molecular complexity index is 849. The molecular weight excluding hydrogens is 326 g/mol. The van der Waals surface area contributed by atoms with Gasteiger partial charge in [-0.2, -0.15) is 8.42 Å². The second-order valence-electron chi connectivity index (χ2n) is 3.92. The van der Waals surface area contributed by atoms with E-state index in [-0.39, 0.29) is 20.1 Å². The van der Waals surface area contributed by atoms with E-state index in [1.807, 2.05) is 0 Å². The fraction of sp³-hybridized carbons (Fsp3) is 0.250. The Morgan fingerprint density at radius 1 is 1.35 bits per heavy atom. The van der Waals surface area contributed by atoms with Gasteiger partial charge in [0.2, 0.25) is 10.0 Å². The number of thiazole rings is 1. The molecule has 0 atom stereocenters. The van der Waals surface area contributed by atoms with Crippen molar-refractivity contribution in [2.24, 2.45) is 12.2 Å². The van der Waals surface area contributed by atoms with E-state index in [0.717, 1.165) is 0 Å². The first-order chi connectivity index (χ1) is 9.09. The van der Waals surface area contributed by atoms with Crippen LogP contribution in [0.5, 0.6) is 0 Å².